The van der Waals surface area contributed by atoms with Gasteiger partial charge in [-0.2, -0.15) is 10.2 Å². The summed E-state index contributed by atoms with van der Waals surface area (Å²) in [7, 11) is 0. The van der Waals surface area contributed by atoms with Crippen LogP contribution in [0.25, 0.3) is 10.8 Å². The summed E-state index contributed by atoms with van der Waals surface area (Å²) in [4.78, 5) is 24.5. The van der Waals surface area contributed by atoms with E-state index in [-0.39, 0.29) is 17.2 Å². The van der Waals surface area contributed by atoms with Crippen molar-refractivity contribution in [3.8, 4) is 0 Å². The summed E-state index contributed by atoms with van der Waals surface area (Å²) in [5.74, 6) is -0.388. The van der Waals surface area contributed by atoms with Gasteiger partial charge in [0.2, 0.25) is 0 Å². The topological polar surface area (TPSA) is 87.2 Å². The number of nitrogens with one attached hydrogen (secondary N) is 2. The van der Waals surface area contributed by atoms with E-state index >= 15 is 0 Å². The van der Waals surface area contributed by atoms with Gasteiger partial charge in [0, 0.05) is 11.1 Å². The Morgan fingerprint density at radius 3 is 2.07 bits per heavy atom. The van der Waals surface area contributed by atoms with Crippen molar-refractivity contribution in [1.82, 2.24) is 15.6 Å². The molecule has 0 atom stereocenters. The molecule has 144 valence electrons. The summed E-state index contributed by atoms with van der Waals surface area (Å²) in [6.07, 6.45) is 13.1. The fourth-order valence-corrected chi connectivity index (χ4v) is 3.60. The molecule has 1 aliphatic carbocycles. The second-order valence-corrected chi connectivity index (χ2v) is 7.25. The lowest BCUT2D eigenvalue weighted by Crippen LogP contribution is -2.24. The summed E-state index contributed by atoms with van der Waals surface area (Å²) in [6.45, 7) is 0. The van der Waals surface area contributed by atoms with E-state index in [1.54, 1.807) is 24.3 Å². The van der Waals surface area contributed by atoms with Crippen LogP contribution in [0, 0.1) is 0 Å². The van der Waals surface area contributed by atoms with Crippen LogP contribution in [0.4, 0.5) is 0 Å². The van der Waals surface area contributed by atoms with Crippen LogP contribution in [-0.4, -0.2) is 21.8 Å². The predicted octanol–water partition coefficient (Wildman–Crippen LogP) is 4.31. The molecule has 2 aromatic rings. The number of fused-ring (bicyclic) bond motifs is 1. The molecule has 27 heavy (non-hydrogen) atoms. The molecule has 0 spiro atoms. The van der Waals surface area contributed by atoms with Crippen LogP contribution in [0.5, 0.6) is 0 Å². The number of amides is 1. The maximum atomic E-state index is 12.6. The van der Waals surface area contributed by atoms with Gasteiger partial charge in [-0.1, -0.05) is 63.1 Å². The lowest BCUT2D eigenvalue weighted by Gasteiger charge is -2.10. The Kier molecular flexibility index (Phi) is 7.13. The predicted molar refractivity (Wildman–Crippen MR) is 108 cm³/mol. The van der Waals surface area contributed by atoms with E-state index in [1.807, 2.05) is 0 Å². The maximum Gasteiger partial charge on any atom is 0.292 e. The van der Waals surface area contributed by atoms with E-state index in [4.69, 9.17) is 0 Å². The van der Waals surface area contributed by atoms with Crippen molar-refractivity contribution in [3.63, 3.8) is 0 Å². The Hall–Kier alpha value is -2.50. The molecule has 6 heteroatoms. The van der Waals surface area contributed by atoms with Gasteiger partial charge in [0.25, 0.3) is 11.5 Å². The quantitative estimate of drug-likeness (QED) is 0.774. The van der Waals surface area contributed by atoms with Crippen LogP contribution in [0.3, 0.4) is 0 Å². The SMILES string of the molecule is O=C(NN=C1CCCCCCCCCCC1)c1n[nH]c(=O)c2ccccc12. The maximum absolute atomic E-state index is 12.6. The van der Waals surface area contributed by atoms with E-state index < -0.39 is 0 Å². The van der Waals surface area contributed by atoms with Gasteiger partial charge in [-0.25, -0.2) is 10.5 Å². The highest BCUT2D eigenvalue weighted by Gasteiger charge is 2.14. The second-order valence-electron chi connectivity index (χ2n) is 7.25. The highest BCUT2D eigenvalue weighted by Crippen LogP contribution is 2.16. The lowest BCUT2D eigenvalue weighted by molar-refractivity contribution is 0.0950. The minimum atomic E-state index is -0.388. The molecule has 0 radical (unpaired) electrons. The number of rotatable bonds is 2. The number of carbonyl (C=O) groups excluding carboxylic acids is 1. The van der Waals surface area contributed by atoms with Gasteiger partial charge in [-0.15, -0.1) is 0 Å². The average Bonchev–Trinajstić information content (AvgIpc) is 2.68. The van der Waals surface area contributed by atoms with Crippen molar-refractivity contribution in [3.05, 3.63) is 40.3 Å². The zero-order chi connectivity index (χ0) is 18.9. The van der Waals surface area contributed by atoms with Crippen molar-refractivity contribution in [2.75, 3.05) is 0 Å². The molecule has 0 unspecified atom stereocenters. The van der Waals surface area contributed by atoms with Crippen molar-refractivity contribution < 1.29 is 4.79 Å². The normalized spacial score (nSPS) is 17.0. The molecule has 0 bridgehead atoms. The molecular weight excluding hydrogens is 340 g/mol. The number of nitrogens with zero attached hydrogens (tertiary/aromatic N) is 2. The Balaban J connectivity index is 1.70. The molecule has 6 nitrogen and oxygen atoms in total. The zero-order valence-corrected chi connectivity index (χ0v) is 15.8. The fourth-order valence-electron chi connectivity index (χ4n) is 3.60. The van der Waals surface area contributed by atoms with Crippen molar-refractivity contribution in [1.29, 1.82) is 0 Å². The van der Waals surface area contributed by atoms with Gasteiger partial charge in [0.15, 0.2) is 5.69 Å². The third-order valence-corrected chi connectivity index (χ3v) is 5.16. The zero-order valence-electron chi connectivity index (χ0n) is 15.8. The number of aromatic amines is 1. The van der Waals surface area contributed by atoms with E-state index in [2.05, 4.69) is 20.7 Å². The standard InChI is InChI=1S/C21H28N4O2/c26-20-18-15-11-10-14-17(18)19(23-24-20)21(27)25-22-16-12-8-6-4-2-1-3-5-7-9-13-16/h10-11,14-15H,1-9,12-13H2,(H,24,26)(H,25,27). The summed E-state index contributed by atoms with van der Waals surface area (Å²) >= 11 is 0. The van der Waals surface area contributed by atoms with Crippen molar-refractivity contribution in [2.45, 2.75) is 70.6 Å². The molecule has 1 amide bonds. The van der Waals surface area contributed by atoms with Gasteiger partial charge < -0.3 is 0 Å². The minimum Gasteiger partial charge on any atom is -0.267 e. The first-order valence-electron chi connectivity index (χ1n) is 10.1. The molecule has 3 rings (SSSR count). The molecule has 1 aliphatic rings. The van der Waals surface area contributed by atoms with E-state index in [0.717, 1.165) is 31.4 Å². The first kappa shape index (κ1) is 19.3. The highest BCUT2D eigenvalue weighted by molar-refractivity contribution is 6.05. The average molecular weight is 368 g/mol. The lowest BCUT2D eigenvalue weighted by atomic mass is 10.00. The Bertz CT molecular complexity index is 843. The molecule has 2 N–H and O–H groups in total. The van der Waals surface area contributed by atoms with E-state index in [1.165, 1.54) is 44.9 Å². The molecule has 1 aromatic carbocycles. The first-order valence-corrected chi connectivity index (χ1v) is 10.1. The van der Waals surface area contributed by atoms with E-state index in [0.29, 0.717) is 10.8 Å². The number of carbonyl (C=O) groups is 1. The van der Waals surface area contributed by atoms with Gasteiger partial charge in [0.05, 0.1) is 5.39 Å². The minimum absolute atomic E-state index is 0.197. The Labute approximate surface area is 159 Å². The van der Waals surface area contributed by atoms with Crippen LogP contribution < -0.4 is 11.0 Å². The Morgan fingerprint density at radius 2 is 1.44 bits per heavy atom. The van der Waals surface area contributed by atoms with Gasteiger partial charge in [0.1, 0.15) is 0 Å². The number of benzene rings is 1. The number of hydrogen-bond donors (Lipinski definition) is 2. The van der Waals surface area contributed by atoms with Gasteiger partial charge >= 0.3 is 0 Å². The summed E-state index contributed by atoms with van der Waals surface area (Å²) in [5, 5.41) is 11.7. The fraction of sp³-hybridized carbons (Fsp3) is 0.524. The number of hydrazone groups is 1. The van der Waals surface area contributed by atoms with Crippen LogP contribution in [-0.2, 0) is 0 Å². The molecule has 1 aromatic heterocycles. The number of aromatic nitrogens is 2. The molecule has 0 aliphatic heterocycles. The highest BCUT2D eigenvalue weighted by atomic mass is 16.2. The first-order chi connectivity index (χ1) is 13.3. The van der Waals surface area contributed by atoms with Crippen LogP contribution in [0.2, 0.25) is 0 Å². The Morgan fingerprint density at radius 1 is 0.889 bits per heavy atom. The summed E-state index contributed by atoms with van der Waals surface area (Å²) < 4.78 is 0. The van der Waals surface area contributed by atoms with Crippen LogP contribution in [0.15, 0.2) is 34.2 Å². The molecule has 1 fully saturated rings. The molecular formula is C21H28N4O2. The summed E-state index contributed by atoms with van der Waals surface area (Å²) in [6, 6.07) is 6.98. The molecule has 0 saturated heterocycles. The van der Waals surface area contributed by atoms with Crippen LogP contribution in [0.1, 0.15) is 81.1 Å². The third kappa shape index (κ3) is 5.49. The molecule has 1 heterocycles. The van der Waals surface area contributed by atoms with Crippen LogP contribution >= 0.6 is 0 Å². The second kappa shape index (κ2) is 10.00. The van der Waals surface area contributed by atoms with E-state index in [9.17, 15) is 9.59 Å². The number of H-pyrrole nitrogens is 1. The molecule has 1 saturated carbocycles. The van der Waals surface area contributed by atoms with Crippen molar-refractivity contribution in [2.24, 2.45) is 5.10 Å². The largest absolute Gasteiger partial charge is 0.292 e. The number of hydrogen-bond acceptors (Lipinski definition) is 4. The smallest absolute Gasteiger partial charge is 0.267 e. The monoisotopic (exact) mass is 368 g/mol. The van der Waals surface area contributed by atoms with Crippen molar-refractivity contribution >= 4 is 22.4 Å². The van der Waals surface area contributed by atoms with Gasteiger partial charge in [-0.3, -0.25) is 9.59 Å². The third-order valence-electron chi connectivity index (χ3n) is 5.16. The van der Waals surface area contributed by atoms with Gasteiger partial charge in [-0.05, 0) is 31.7 Å². The summed E-state index contributed by atoms with van der Waals surface area (Å²) in [5.41, 5.74) is 3.61.